The van der Waals surface area contributed by atoms with Crippen molar-refractivity contribution in [3.8, 4) is 11.5 Å². The average Bonchev–Trinajstić information content (AvgIpc) is 2.47. The molecule has 1 aliphatic rings. The van der Waals surface area contributed by atoms with E-state index in [1.165, 1.54) is 13.0 Å². The number of rotatable bonds is 5. The van der Waals surface area contributed by atoms with Crippen molar-refractivity contribution in [1.82, 2.24) is 0 Å². The molecule has 1 heterocycles. The lowest BCUT2D eigenvalue weighted by Crippen LogP contribution is -2.25. The molecular weight excluding hydrogens is 256 g/mol. The summed E-state index contributed by atoms with van der Waals surface area (Å²) in [4.78, 5) is 10.9. The van der Waals surface area contributed by atoms with E-state index in [2.05, 4.69) is 0 Å². The summed E-state index contributed by atoms with van der Waals surface area (Å²) in [5.74, 6) is 1.32. The summed E-state index contributed by atoms with van der Waals surface area (Å²) in [7, 11) is 1.60. The zero-order chi connectivity index (χ0) is 14.4. The first-order chi connectivity index (χ1) is 9.69. The van der Waals surface area contributed by atoms with E-state index >= 15 is 0 Å². The Labute approximate surface area is 119 Å². The predicted octanol–water partition coefficient (Wildman–Crippen LogP) is 3.20. The second-order valence-electron chi connectivity index (χ2n) is 4.77. The van der Waals surface area contributed by atoms with Gasteiger partial charge >= 0.3 is 0 Å². The lowest BCUT2D eigenvalue weighted by Gasteiger charge is -2.24. The summed E-state index contributed by atoms with van der Waals surface area (Å²) in [6, 6.07) is 5.58. The third-order valence-corrected chi connectivity index (χ3v) is 3.09. The van der Waals surface area contributed by atoms with E-state index in [1.807, 2.05) is 18.2 Å². The Morgan fingerprint density at radius 3 is 2.85 bits per heavy atom. The van der Waals surface area contributed by atoms with E-state index in [-0.39, 0.29) is 12.1 Å². The van der Waals surface area contributed by atoms with E-state index in [9.17, 15) is 4.79 Å². The average molecular weight is 276 g/mol. The number of hydrogen-bond donors (Lipinski definition) is 0. The van der Waals surface area contributed by atoms with E-state index in [1.54, 1.807) is 13.2 Å². The van der Waals surface area contributed by atoms with Gasteiger partial charge in [-0.3, -0.25) is 4.79 Å². The highest BCUT2D eigenvalue weighted by atomic mass is 16.7. The van der Waals surface area contributed by atoms with Gasteiger partial charge in [-0.05, 0) is 43.5 Å². The maximum Gasteiger partial charge on any atom is 0.200 e. The molecule has 2 rings (SSSR count). The summed E-state index contributed by atoms with van der Waals surface area (Å²) in [6.45, 7) is 2.26. The van der Waals surface area contributed by atoms with Gasteiger partial charge in [0.2, 0.25) is 0 Å². The van der Waals surface area contributed by atoms with Crippen molar-refractivity contribution in [2.24, 2.45) is 0 Å². The normalized spacial score (nSPS) is 19.0. The van der Waals surface area contributed by atoms with Crippen LogP contribution in [0.5, 0.6) is 11.5 Å². The van der Waals surface area contributed by atoms with Crippen LogP contribution in [0.25, 0.3) is 6.08 Å². The monoisotopic (exact) mass is 276 g/mol. The molecule has 108 valence electrons. The van der Waals surface area contributed by atoms with Gasteiger partial charge in [-0.25, -0.2) is 0 Å². The minimum Gasteiger partial charge on any atom is -0.493 e. The van der Waals surface area contributed by atoms with Crippen molar-refractivity contribution in [3.63, 3.8) is 0 Å². The van der Waals surface area contributed by atoms with Gasteiger partial charge in [0.15, 0.2) is 23.6 Å². The largest absolute Gasteiger partial charge is 0.493 e. The number of ketones is 1. The number of methoxy groups -OCH3 is 1. The predicted molar refractivity (Wildman–Crippen MR) is 76.9 cm³/mol. The van der Waals surface area contributed by atoms with Crippen molar-refractivity contribution in [2.45, 2.75) is 32.5 Å². The third kappa shape index (κ3) is 4.10. The quantitative estimate of drug-likeness (QED) is 0.775. The van der Waals surface area contributed by atoms with Crippen LogP contribution in [0.2, 0.25) is 0 Å². The maximum absolute atomic E-state index is 10.9. The lowest BCUT2D eigenvalue weighted by molar-refractivity contribution is -0.112. The van der Waals surface area contributed by atoms with Gasteiger partial charge in [0.05, 0.1) is 13.7 Å². The van der Waals surface area contributed by atoms with Gasteiger partial charge in [0.25, 0.3) is 0 Å². The number of carbonyl (C=O) groups is 1. The topological polar surface area (TPSA) is 44.8 Å². The molecule has 1 aromatic carbocycles. The van der Waals surface area contributed by atoms with Crippen molar-refractivity contribution in [1.29, 1.82) is 0 Å². The van der Waals surface area contributed by atoms with Gasteiger partial charge < -0.3 is 14.2 Å². The Balaban J connectivity index is 2.10. The van der Waals surface area contributed by atoms with Crippen LogP contribution >= 0.6 is 0 Å². The van der Waals surface area contributed by atoms with Crippen LogP contribution < -0.4 is 9.47 Å². The molecule has 0 aliphatic carbocycles. The molecule has 1 fully saturated rings. The van der Waals surface area contributed by atoms with Crippen molar-refractivity contribution < 1.29 is 19.0 Å². The molecule has 4 nitrogen and oxygen atoms in total. The summed E-state index contributed by atoms with van der Waals surface area (Å²) < 4.78 is 16.7. The minimum atomic E-state index is -0.198. The molecule has 0 spiro atoms. The van der Waals surface area contributed by atoms with Crippen molar-refractivity contribution in [2.75, 3.05) is 13.7 Å². The third-order valence-electron chi connectivity index (χ3n) is 3.09. The van der Waals surface area contributed by atoms with Gasteiger partial charge in [0, 0.05) is 6.42 Å². The first kappa shape index (κ1) is 14.6. The molecule has 20 heavy (non-hydrogen) atoms. The van der Waals surface area contributed by atoms with Gasteiger partial charge in [-0.15, -0.1) is 0 Å². The second-order valence-corrected chi connectivity index (χ2v) is 4.77. The maximum atomic E-state index is 10.9. The Morgan fingerprint density at radius 1 is 1.35 bits per heavy atom. The highest BCUT2D eigenvalue weighted by Crippen LogP contribution is 2.31. The molecule has 0 N–H and O–H groups in total. The summed E-state index contributed by atoms with van der Waals surface area (Å²) in [6.07, 6.45) is 6.19. The first-order valence-corrected chi connectivity index (χ1v) is 6.84. The van der Waals surface area contributed by atoms with Crippen LogP contribution in [0.3, 0.4) is 0 Å². The van der Waals surface area contributed by atoms with Gasteiger partial charge in [-0.2, -0.15) is 0 Å². The smallest absolute Gasteiger partial charge is 0.200 e. The van der Waals surface area contributed by atoms with Gasteiger partial charge in [-0.1, -0.05) is 12.1 Å². The van der Waals surface area contributed by atoms with E-state index < -0.39 is 0 Å². The summed E-state index contributed by atoms with van der Waals surface area (Å²) in [5, 5.41) is 0. The zero-order valence-electron chi connectivity index (χ0n) is 11.9. The number of ether oxygens (including phenoxy) is 3. The van der Waals surface area contributed by atoms with Crippen LogP contribution in [0.1, 0.15) is 31.7 Å². The SMILES string of the molecule is COc1cc(/C=C/C(C)=O)ccc1OC1CCCCO1. The summed E-state index contributed by atoms with van der Waals surface area (Å²) >= 11 is 0. The van der Waals surface area contributed by atoms with Crippen LogP contribution in [0.4, 0.5) is 0 Å². The molecule has 1 atom stereocenters. The Bertz CT molecular complexity index is 487. The molecule has 1 aromatic rings. The second kappa shape index (κ2) is 7.10. The molecule has 1 aliphatic heterocycles. The van der Waals surface area contributed by atoms with Crippen molar-refractivity contribution >= 4 is 11.9 Å². The molecule has 0 saturated carbocycles. The van der Waals surface area contributed by atoms with E-state index in [4.69, 9.17) is 14.2 Å². The zero-order valence-corrected chi connectivity index (χ0v) is 11.9. The minimum absolute atomic E-state index is 0.0138. The molecule has 4 heteroatoms. The Morgan fingerprint density at radius 2 is 2.20 bits per heavy atom. The van der Waals surface area contributed by atoms with Crippen LogP contribution in [0.15, 0.2) is 24.3 Å². The van der Waals surface area contributed by atoms with Crippen molar-refractivity contribution in [3.05, 3.63) is 29.8 Å². The Hall–Kier alpha value is -1.81. The standard InChI is InChI=1S/C16H20O4/c1-12(17)6-7-13-8-9-14(15(11-13)18-2)20-16-5-3-4-10-19-16/h6-9,11,16H,3-5,10H2,1-2H3/b7-6+. The van der Waals surface area contributed by atoms with E-state index in [0.717, 1.165) is 31.4 Å². The Kier molecular flexibility index (Phi) is 5.18. The fourth-order valence-corrected chi connectivity index (χ4v) is 2.04. The molecule has 0 radical (unpaired) electrons. The molecule has 1 unspecified atom stereocenters. The molecule has 0 bridgehead atoms. The summed E-state index contributed by atoms with van der Waals surface area (Å²) in [5.41, 5.74) is 0.897. The molecule has 0 amide bonds. The highest BCUT2D eigenvalue weighted by Gasteiger charge is 2.17. The van der Waals surface area contributed by atoms with Crippen LogP contribution in [-0.2, 0) is 9.53 Å². The van der Waals surface area contributed by atoms with Gasteiger partial charge in [0.1, 0.15) is 0 Å². The van der Waals surface area contributed by atoms with E-state index in [0.29, 0.717) is 11.5 Å². The fourth-order valence-electron chi connectivity index (χ4n) is 2.04. The fraction of sp³-hybridized carbons (Fsp3) is 0.438. The van der Waals surface area contributed by atoms with Crippen LogP contribution in [0, 0.1) is 0 Å². The number of hydrogen-bond acceptors (Lipinski definition) is 4. The highest BCUT2D eigenvalue weighted by molar-refractivity contribution is 5.91. The van der Waals surface area contributed by atoms with Crippen LogP contribution in [-0.4, -0.2) is 25.8 Å². The lowest BCUT2D eigenvalue weighted by atomic mass is 10.1. The molecular formula is C16H20O4. The number of carbonyl (C=O) groups excluding carboxylic acids is 1. The number of benzene rings is 1. The number of allylic oxidation sites excluding steroid dienone is 1. The molecule has 0 aromatic heterocycles. The molecule has 1 saturated heterocycles. The first-order valence-electron chi connectivity index (χ1n) is 6.84.